The summed E-state index contributed by atoms with van der Waals surface area (Å²) in [7, 11) is 0. The average Bonchev–Trinajstić information content (AvgIpc) is 3.55. The van der Waals surface area contributed by atoms with E-state index in [9.17, 15) is 4.39 Å². The highest BCUT2D eigenvalue weighted by Crippen LogP contribution is 2.27. The van der Waals surface area contributed by atoms with E-state index in [1.54, 1.807) is 6.20 Å². The zero-order valence-electron chi connectivity index (χ0n) is 19.6. The predicted molar refractivity (Wildman–Crippen MR) is 135 cm³/mol. The van der Waals surface area contributed by atoms with Crippen LogP contribution in [0.25, 0.3) is 27.8 Å². The van der Waals surface area contributed by atoms with Gasteiger partial charge in [0.05, 0.1) is 23.1 Å². The molecule has 176 valence electrons. The Hall–Kier alpha value is -4.14. The van der Waals surface area contributed by atoms with Crippen molar-refractivity contribution in [1.29, 1.82) is 0 Å². The van der Waals surface area contributed by atoms with Crippen LogP contribution >= 0.6 is 0 Å². The largest absolute Gasteiger partial charge is 0.341 e. The van der Waals surface area contributed by atoms with Crippen molar-refractivity contribution in [3.63, 3.8) is 0 Å². The van der Waals surface area contributed by atoms with Gasteiger partial charge in [0.15, 0.2) is 5.82 Å². The van der Waals surface area contributed by atoms with Gasteiger partial charge in [-0.25, -0.2) is 29.3 Å². The van der Waals surface area contributed by atoms with E-state index in [4.69, 9.17) is 4.98 Å². The first-order chi connectivity index (χ1) is 17.0. The molecule has 1 saturated heterocycles. The van der Waals surface area contributed by atoms with Crippen LogP contribution in [0.15, 0.2) is 55.1 Å². The first kappa shape index (κ1) is 21.4. The van der Waals surface area contributed by atoms with Gasteiger partial charge in [0.25, 0.3) is 0 Å². The minimum Gasteiger partial charge on any atom is -0.341 e. The zero-order valence-corrected chi connectivity index (χ0v) is 19.6. The van der Waals surface area contributed by atoms with Gasteiger partial charge in [-0.15, -0.1) is 0 Å². The maximum atomic E-state index is 14.7. The van der Waals surface area contributed by atoms with Crippen LogP contribution in [0.1, 0.15) is 38.3 Å². The number of hydrogen-bond acceptors (Lipinski definition) is 7. The summed E-state index contributed by atoms with van der Waals surface area (Å²) < 4.78 is 16.7. The fourth-order valence-corrected chi connectivity index (χ4v) is 4.36. The highest BCUT2D eigenvalue weighted by molar-refractivity contribution is 5.84. The van der Waals surface area contributed by atoms with Crippen LogP contribution in [0.5, 0.6) is 0 Å². The van der Waals surface area contributed by atoms with Crippen LogP contribution in [0.2, 0.25) is 0 Å². The van der Waals surface area contributed by atoms with E-state index in [1.807, 2.05) is 47.1 Å². The molecule has 4 aromatic heterocycles. The molecule has 0 radical (unpaired) electrons. The summed E-state index contributed by atoms with van der Waals surface area (Å²) in [6.07, 6.45) is 9.25. The molecule has 1 fully saturated rings. The molecule has 0 atom stereocenters. The Morgan fingerprint density at radius 3 is 2.63 bits per heavy atom. The first-order valence-corrected chi connectivity index (χ1v) is 11.8. The van der Waals surface area contributed by atoms with Crippen molar-refractivity contribution in [2.75, 3.05) is 23.3 Å². The molecule has 1 aliphatic heterocycles. The number of nitrogens with zero attached hydrogens (tertiary/aromatic N) is 7. The normalized spacial score (nSPS) is 13.9. The third kappa shape index (κ3) is 4.14. The highest BCUT2D eigenvalue weighted by Gasteiger charge is 2.16. The van der Waals surface area contributed by atoms with Gasteiger partial charge < -0.3 is 14.6 Å². The summed E-state index contributed by atoms with van der Waals surface area (Å²) in [6.45, 7) is 6.19. The van der Waals surface area contributed by atoms with E-state index >= 15 is 0 Å². The smallest absolute Gasteiger partial charge is 0.227 e. The molecule has 9 heteroatoms. The number of rotatable bonds is 5. The molecule has 5 heterocycles. The van der Waals surface area contributed by atoms with E-state index in [0.717, 1.165) is 47.0 Å². The van der Waals surface area contributed by atoms with Gasteiger partial charge in [0.2, 0.25) is 11.9 Å². The fraction of sp³-hybridized carbons (Fsp3) is 0.269. The Kier molecular flexibility index (Phi) is 5.24. The van der Waals surface area contributed by atoms with Crippen LogP contribution in [0.3, 0.4) is 0 Å². The molecular weight excluding hydrogens is 443 g/mol. The number of imidazole rings is 1. The van der Waals surface area contributed by atoms with E-state index in [2.05, 4.69) is 44.0 Å². The minimum absolute atomic E-state index is 0.221. The molecule has 1 N–H and O–H groups in total. The summed E-state index contributed by atoms with van der Waals surface area (Å²) in [5, 5.41) is 4.02. The van der Waals surface area contributed by atoms with Crippen LogP contribution in [-0.2, 0) is 0 Å². The van der Waals surface area contributed by atoms with Crippen LogP contribution < -0.4 is 10.2 Å². The Morgan fingerprint density at radius 2 is 1.80 bits per heavy atom. The van der Waals surface area contributed by atoms with Gasteiger partial charge >= 0.3 is 0 Å². The van der Waals surface area contributed by atoms with Crippen molar-refractivity contribution in [3.8, 4) is 11.3 Å². The molecular formula is C26H25FN8. The van der Waals surface area contributed by atoms with Crippen molar-refractivity contribution in [2.45, 2.75) is 32.6 Å². The molecule has 8 nitrogen and oxygen atoms in total. The van der Waals surface area contributed by atoms with E-state index < -0.39 is 5.82 Å². The van der Waals surface area contributed by atoms with Gasteiger partial charge in [-0.2, -0.15) is 0 Å². The summed E-state index contributed by atoms with van der Waals surface area (Å²) in [4.78, 5) is 24.6. The second-order valence-electron chi connectivity index (χ2n) is 9.16. The minimum atomic E-state index is -0.490. The second kappa shape index (κ2) is 8.57. The van der Waals surface area contributed by atoms with Gasteiger partial charge in [-0.3, -0.25) is 0 Å². The lowest BCUT2D eigenvalue weighted by molar-refractivity contribution is 0.619. The molecule has 6 rings (SSSR count). The number of halogens is 1. The third-order valence-electron chi connectivity index (χ3n) is 6.29. The predicted octanol–water partition coefficient (Wildman–Crippen LogP) is 5.34. The number of hydrogen-bond donors (Lipinski definition) is 1. The number of aromatic nitrogens is 6. The van der Waals surface area contributed by atoms with E-state index in [1.165, 1.54) is 19.0 Å². The number of nitrogens with one attached hydrogen (secondary N) is 1. The monoisotopic (exact) mass is 468 g/mol. The van der Waals surface area contributed by atoms with Crippen molar-refractivity contribution in [2.24, 2.45) is 0 Å². The molecule has 0 spiro atoms. The Bertz CT molecular complexity index is 1540. The number of pyridine rings is 1. The van der Waals surface area contributed by atoms with Crippen molar-refractivity contribution in [3.05, 3.63) is 66.6 Å². The lowest BCUT2D eigenvalue weighted by atomic mass is 10.1. The molecule has 1 aliphatic rings. The molecule has 0 saturated carbocycles. The Morgan fingerprint density at radius 1 is 0.943 bits per heavy atom. The fourth-order valence-electron chi connectivity index (χ4n) is 4.36. The maximum Gasteiger partial charge on any atom is 0.227 e. The molecule has 1 aromatic carbocycles. The summed E-state index contributed by atoms with van der Waals surface area (Å²) in [5.74, 6) is 0.910. The molecule has 35 heavy (non-hydrogen) atoms. The standard InChI is InChI=1S/C26H25FN8/c1-16(2)22-15-35-14-19(6-8-23(35)31-22)30-25-28-13-20(27)24(33-25)17-5-7-21-18(11-17)12-29-26(32-21)34-9-3-4-10-34/h5-8,11-16H,3-4,9-10H2,1-2H3,(H,28,30,33). The SMILES string of the molecule is CC(C)c1cn2cc(Nc3ncc(F)c(-c4ccc5nc(N6CCCC6)ncc5c4)n3)ccc2n1. The Labute approximate surface area is 201 Å². The van der Waals surface area contributed by atoms with E-state index in [0.29, 0.717) is 17.4 Å². The summed E-state index contributed by atoms with van der Waals surface area (Å²) >= 11 is 0. The second-order valence-corrected chi connectivity index (χ2v) is 9.16. The van der Waals surface area contributed by atoms with E-state index in [-0.39, 0.29) is 5.69 Å². The lowest BCUT2D eigenvalue weighted by Crippen LogP contribution is -2.20. The quantitative estimate of drug-likeness (QED) is 0.373. The van der Waals surface area contributed by atoms with Gasteiger partial charge in [-0.05, 0) is 43.0 Å². The number of fused-ring (bicyclic) bond motifs is 2. The zero-order chi connectivity index (χ0) is 23.9. The van der Waals surface area contributed by atoms with Crippen molar-refractivity contribution in [1.82, 2.24) is 29.3 Å². The molecule has 0 unspecified atom stereocenters. The molecule has 0 aliphatic carbocycles. The lowest BCUT2D eigenvalue weighted by Gasteiger charge is -2.15. The summed E-state index contributed by atoms with van der Waals surface area (Å²) in [6, 6.07) is 9.43. The van der Waals surface area contributed by atoms with Crippen molar-refractivity contribution < 1.29 is 4.39 Å². The van der Waals surface area contributed by atoms with Gasteiger partial charge in [-0.1, -0.05) is 19.9 Å². The molecule has 0 amide bonds. The van der Waals surface area contributed by atoms with Crippen molar-refractivity contribution >= 4 is 34.1 Å². The third-order valence-corrected chi connectivity index (χ3v) is 6.29. The van der Waals surface area contributed by atoms with Gasteiger partial charge in [0.1, 0.15) is 11.3 Å². The molecule has 5 aromatic rings. The van der Waals surface area contributed by atoms with Crippen LogP contribution in [0.4, 0.5) is 22.0 Å². The Balaban J connectivity index is 1.29. The number of benzene rings is 1. The highest BCUT2D eigenvalue weighted by atomic mass is 19.1. The first-order valence-electron chi connectivity index (χ1n) is 11.8. The maximum absolute atomic E-state index is 14.7. The molecule has 0 bridgehead atoms. The topological polar surface area (TPSA) is 84.1 Å². The summed E-state index contributed by atoms with van der Waals surface area (Å²) in [5.41, 5.74) is 4.36. The van der Waals surface area contributed by atoms with Crippen LogP contribution in [-0.4, -0.2) is 42.4 Å². The van der Waals surface area contributed by atoms with Crippen LogP contribution in [0, 0.1) is 5.82 Å². The number of anilines is 3. The van der Waals surface area contributed by atoms with Gasteiger partial charge in [0, 0.05) is 42.6 Å². The average molecular weight is 469 g/mol.